The van der Waals surface area contributed by atoms with Crippen molar-refractivity contribution in [3.05, 3.63) is 33.8 Å². The fraction of sp³-hybridized carbons (Fsp3) is 0.500. The zero-order valence-electron chi connectivity index (χ0n) is 15.8. The van der Waals surface area contributed by atoms with E-state index in [1.165, 1.54) is 33.8 Å². The van der Waals surface area contributed by atoms with E-state index < -0.39 is 15.9 Å². The smallest absolute Gasteiger partial charge is 0.257 e. The van der Waals surface area contributed by atoms with Crippen molar-refractivity contribution in [3.63, 3.8) is 0 Å². The molecule has 0 atom stereocenters. The number of carbonyl (C=O) groups excluding carboxylic acids is 1. The Morgan fingerprint density at radius 2 is 1.96 bits per heavy atom. The number of amides is 1. The number of sulfonamides is 1. The highest BCUT2D eigenvalue weighted by Gasteiger charge is 2.28. The maximum atomic E-state index is 12.9. The summed E-state index contributed by atoms with van der Waals surface area (Å²) < 4.78 is 27.3. The van der Waals surface area contributed by atoms with Gasteiger partial charge in [-0.1, -0.05) is 43.2 Å². The fourth-order valence-corrected chi connectivity index (χ4v) is 5.96. The Bertz CT molecular complexity index is 953. The molecule has 2 heterocycles. The minimum absolute atomic E-state index is 0.0403. The summed E-state index contributed by atoms with van der Waals surface area (Å²) in [6, 6.07) is 4.28. The molecule has 1 N–H and O–H groups in total. The lowest BCUT2D eigenvalue weighted by Gasteiger charge is -2.26. The lowest BCUT2D eigenvalue weighted by molar-refractivity contribution is 0.102. The van der Waals surface area contributed by atoms with Gasteiger partial charge in [0.05, 0.1) is 5.02 Å². The summed E-state index contributed by atoms with van der Waals surface area (Å²) in [6.07, 6.45) is 3.45. The molecule has 152 valence electrons. The van der Waals surface area contributed by atoms with Gasteiger partial charge in [0, 0.05) is 25.1 Å². The van der Waals surface area contributed by atoms with Gasteiger partial charge in [-0.25, -0.2) is 8.42 Å². The van der Waals surface area contributed by atoms with Crippen LogP contribution in [0.2, 0.25) is 5.02 Å². The first kappa shape index (κ1) is 21.2. The number of hydrogen-bond acceptors (Lipinski definition) is 6. The quantitative estimate of drug-likeness (QED) is 0.734. The molecule has 0 radical (unpaired) electrons. The number of halogens is 1. The monoisotopic (exact) mass is 442 g/mol. The molecule has 2 aromatic rings. The van der Waals surface area contributed by atoms with E-state index in [0.29, 0.717) is 24.1 Å². The number of carbonyl (C=O) groups is 1. The van der Waals surface area contributed by atoms with Gasteiger partial charge < -0.3 is 0 Å². The molecule has 28 heavy (non-hydrogen) atoms. The van der Waals surface area contributed by atoms with E-state index in [1.807, 2.05) is 0 Å². The number of nitrogens with zero attached hydrogens (tertiary/aromatic N) is 3. The summed E-state index contributed by atoms with van der Waals surface area (Å²) in [5.41, 5.74) is 0.209. The lowest BCUT2D eigenvalue weighted by atomic mass is 10.1. The maximum absolute atomic E-state index is 12.9. The third-order valence-electron chi connectivity index (χ3n) is 4.40. The molecule has 0 aliphatic carbocycles. The summed E-state index contributed by atoms with van der Waals surface area (Å²) >= 11 is 7.47. The molecule has 1 fully saturated rings. The van der Waals surface area contributed by atoms with E-state index in [9.17, 15) is 13.2 Å². The van der Waals surface area contributed by atoms with E-state index in [0.717, 1.165) is 30.7 Å². The van der Waals surface area contributed by atoms with Crippen LogP contribution in [0.4, 0.5) is 5.13 Å². The fourth-order valence-electron chi connectivity index (χ4n) is 2.99. The zero-order chi connectivity index (χ0) is 20.3. The number of aromatic nitrogens is 2. The predicted molar refractivity (Wildman–Crippen MR) is 110 cm³/mol. The van der Waals surface area contributed by atoms with Crippen LogP contribution in [0.25, 0.3) is 0 Å². The van der Waals surface area contributed by atoms with Crippen LogP contribution >= 0.6 is 22.9 Å². The third-order valence-corrected chi connectivity index (χ3v) is 7.64. The van der Waals surface area contributed by atoms with Gasteiger partial charge in [0.25, 0.3) is 5.91 Å². The van der Waals surface area contributed by atoms with E-state index in [2.05, 4.69) is 29.4 Å². The average molecular weight is 443 g/mol. The van der Waals surface area contributed by atoms with Crippen molar-refractivity contribution in [3.8, 4) is 0 Å². The van der Waals surface area contributed by atoms with Crippen LogP contribution in [0.3, 0.4) is 0 Å². The standard InChI is InChI=1S/C18H23ClN4O3S2/c1-12(2)10-16-21-22-18(27-16)20-17(24)13-6-7-14(19)15(11-13)28(25,26)23-8-4-3-5-9-23/h6-7,11-12H,3-5,8-10H2,1-2H3,(H,20,22,24). The molecular formula is C18H23ClN4O3S2. The van der Waals surface area contributed by atoms with Crippen molar-refractivity contribution < 1.29 is 13.2 Å². The molecule has 1 saturated heterocycles. The van der Waals surface area contributed by atoms with Crippen molar-refractivity contribution in [2.24, 2.45) is 5.92 Å². The molecule has 1 amide bonds. The van der Waals surface area contributed by atoms with E-state index in [1.54, 1.807) is 0 Å². The summed E-state index contributed by atoms with van der Waals surface area (Å²) in [7, 11) is -3.73. The van der Waals surface area contributed by atoms with Gasteiger partial charge in [-0.3, -0.25) is 10.1 Å². The van der Waals surface area contributed by atoms with Gasteiger partial charge >= 0.3 is 0 Å². The lowest BCUT2D eigenvalue weighted by Crippen LogP contribution is -2.35. The molecule has 0 spiro atoms. The number of rotatable bonds is 6. The van der Waals surface area contributed by atoms with Gasteiger partial charge in [-0.15, -0.1) is 10.2 Å². The van der Waals surface area contributed by atoms with Crippen molar-refractivity contribution in [2.75, 3.05) is 18.4 Å². The Morgan fingerprint density at radius 3 is 2.64 bits per heavy atom. The molecule has 0 bridgehead atoms. The first-order valence-corrected chi connectivity index (χ1v) is 11.8. The molecule has 0 unspecified atom stereocenters. The van der Waals surface area contributed by atoms with Crippen LogP contribution in [0.1, 0.15) is 48.5 Å². The van der Waals surface area contributed by atoms with E-state index >= 15 is 0 Å². The van der Waals surface area contributed by atoms with Gasteiger partial charge in [0.2, 0.25) is 15.2 Å². The molecular weight excluding hydrogens is 420 g/mol. The minimum Gasteiger partial charge on any atom is -0.296 e. The van der Waals surface area contributed by atoms with Crippen LogP contribution in [0.5, 0.6) is 0 Å². The minimum atomic E-state index is -3.73. The third kappa shape index (κ3) is 4.89. The number of hydrogen-bond donors (Lipinski definition) is 1. The average Bonchev–Trinajstić information content (AvgIpc) is 3.08. The topological polar surface area (TPSA) is 92.3 Å². The van der Waals surface area contributed by atoms with Crippen molar-refractivity contribution >= 4 is 44.0 Å². The molecule has 0 saturated carbocycles. The first-order chi connectivity index (χ1) is 13.3. The van der Waals surface area contributed by atoms with Crippen molar-refractivity contribution in [2.45, 2.75) is 44.4 Å². The first-order valence-electron chi connectivity index (χ1n) is 9.21. The molecule has 1 aliphatic heterocycles. The number of anilines is 1. The largest absolute Gasteiger partial charge is 0.296 e. The van der Waals surface area contributed by atoms with Crippen LogP contribution in [0, 0.1) is 5.92 Å². The molecule has 7 nitrogen and oxygen atoms in total. The number of nitrogens with one attached hydrogen (secondary N) is 1. The number of piperidine rings is 1. The molecule has 10 heteroatoms. The van der Waals surface area contributed by atoms with Crippen molar-refractivity contribution in [1.29, 1.82) is 0 Å². The summed E-state index contributed by atoms with van der Waals surface area (Å²) in [4.78, 5) is 12.5. The Kier molecular flexibility index (Phi) is 6.69. The molecule has 3 rings (SSSR count). The zero-order valence-corrected chi connectivity index (χ0v) is 18.2. The Morgan fingerprint density at radius 1 is 1.25 bits per heavy atom. The highest BCUT2D eigenvalue weighted by Crippen LogP contribution is 2.28. The molecule has 1 aromatic heterocycles. The van der Waals surface area contributed by atoms with Crippen LogP contribution in [0.15, 0.2) is 23.1 Å². The Hall–Kier alpha value is -1.55. The van der Waals surface area contributed by atoms with Crippen LogP contribution < -0.4 is 5.32 Å². The van der Waals surface area contributed by atoms with Crippen LogP contribution in [-0.2, 0) is 16.4 Å². The van der Waals surface area contributed by atoms with E-state index in [-0.39, 0.29) is 15.5 Å². The Balaban J connectivity index is 1.80. The second-order valence-electron chi connectivity index (χ2n) is 7.16. The highest BCUT2D eigenvalue weighted by molar-refractivity contribution is 7.89. The second-order valence-corrected chi connectivity index (χ2v) is 10.5. The second kappa shape index (κ2) is 8.86. The molecule has 1 aliphatic rings. The predicted octanol–water partition coefficient (Wildman–Crippen LogP) is 3.82. The van der Waals surface area contributed by atoms with Crippen molar-refractivity contribution in [1.82, 2.24) is 14.5 Å². The van der Waals surface area contributed by atoms with Gasteiger partial charge in [-0.2, -0.15) is 4.31 Å². The highest BCUT2D eigenvalue weighted by atomic mass is 35.5. The maximum Gasteiger partial charge on any atom is 0.257 e. The normalized spacial score (nSPS) is 15.7. The summed E-state index contributed by atoms with van der Waals surface area (Å²) in [5, 5.41) is 12.1. The summed E-state index contributed by atoms with van der Waals surface area (Å²) in [5.74, 6) is -0.00525. The van der Waals surface area contributed by atoms with E-state index in [4.69, 9.17) is 11.6 Å². The molecule has 1 aromatic carbocycles. The summed E-state index contributed by atoms with van der Waals surface area (Å²) in [6.45, 7) is 5.10. The number of benzene rings is 1. The Labute approximate surface area is 174 Å². The van der Waals surface area contributed by atoms with Crippen LogP contribution in [-0.4, -0.2) is 41.9 Å². The van der Waals surface area contributed by atoms with Gasteiger partial charge in [0.1, 0.15) is 9.90 Å². The van der Waals surface area contributed by atoms with Gasteiger partial charge in [0.15, 0.2) is 0 Å². The SMILES string of the molecule is CC(C)Cc1nnc(NC(=O)c2ccc(Cl)c(S(=O)(=O)N3CCCCC3)c2)s1. The van der Waals surface area contributed by atoms with Gasteiger partial charge in [-0.05, 0) is 37.0 Å².